The molecule has 0 N–H and O–H groups in total. The molecular formula is C17H22N4O. The lowest BCUT2D eigenvalue weighted by atomic mass is 10.1. The molecule has 0 spiro atoms. The highest BCUT2D eigenvalue weighted by molar-refractivity contribution is 5.92. The number of hydrogen-bond acceptors (Lipinski definition) is 3. The third kappa shape index (κ3) is 3.53. The Morgan fingerprint density at radius 3 is 2.64 bits per heavy atom. The maximum absolute atomic E-state index is 12.5. The minimum absolute atomic E-state index is 0.0735. The molecule has 0 radical (unpaired) electrons. The topological polar surface area (TPSA) is 51.0 Å². The molecule has 1 aromatic heterocycles. The monoisotopic (exact) mass is 298 g/mol. The summed E-state index contributed by atoms with van der Waals surface area (Å²) < 4.78 is 1.75. The SMILES string of the molecule is O=C(c1cnnn1CCCc1ccccc1)N1CCCCC1. The highest BCUT2D eigenvalue weighted by atomic mass is 16.2. The van der Waals surface area contributed by atoms with E-state index in [1.165, 1.54) is 12.0 Å². The summed E-state index contributed by atoms with van der Waals surface area (Å²) >= 11 is 0. The van der Waals surface area contributed by atoms with E-state index < -0.39 is 0 Å². The number of aromatic nitrogens is 3. The number of amides is 1. The normalized spacial score (nSPS) is 15.0. The van der Waals surface area contributed by atoms with Gasteiger partial charge in [0.25, 0.3) is 5.91 Å². The molecule has 2 aromatic rings. The second-order valence-corrected chi connectivity index (χ2v) is 5.78. The van der Waals surface area contributed by atoms with Crippen LogP contribution in [0.3, 0.4) is 0 Å². The van der Waals surface area contributed by atoms with Crippen LogP contribution in [0.4, 0.5) is 0 Å². The lowest BCUT2D eigenvalue weighted by molar-refractivity contribution is 0.0711. The Morgan fingerprint density at radius 2 is 1.86 bits per heavy atom. The quantitative estimate of drug-likeness (QED) is 0.852. The standard InChI is InChI=1S/C17H22N4O/c22-17(20-11-5-2-6-12-20)16-14-18-19-21(16)13-7-10-15-8-3-1-4-9-15/h1,3-4,8-9,14H,2,5-7,10-13H2. The van der Waals surface area contributed by atoms with E-state index in [9.17, 15) is 4.79 Å². The number of rotatable bonds is 5. The van der Waals surface area contributed by atoms with Gasteiger partial charge in [-0.2, -0.15) is 0 Å². The number of aryl methyl sites for hydroxylation is 2. The van der Waals surface area contributed by atoms with E-state index in [4.69, 9.17) is 0 Å². The Kier molecular flexibility index (Phi) is 4.83. The Labute approximate surface area is 130 Å². The van der Waals surface area contributed by atoms with Gasteiger partial charge in [-0.1, -0.05) is 35.5 Å². The summed E-state index contributed by atoms with van der Waals surface area (Å²) in [5.41, 5.74) is 1.93. The molecule has 5 nitrogen and oxygen atoms in total. The van der Waals surface area contributed by atoms with Crippen molar-refractivity contribution in [2.45, 2.75) is 38.6 Å². The van der Waals surface area contributed by atoms with Crippen LogP contribution in [0, 0.1) is 0 Å². The Morgan fingerprint density at radius 1 is 1.09 bits per heavy atom. The van der Waals surface area contributed by atoms with Crippen LogP contribution in [0.1, 0.15) is 41.7 Å². The third-order valence-electron chi connectivity index (χ3n) is 4.16. The van der Waals surface area contributed by atoms with Crippen molar-refractivity contribution in [1.82, 2.24) is 19.9 Å². The lowest BCUT2D eigenvalue weighted by Crippen LogP contribution is -2.36. The highest BCUT2D eigenvalue weighted by Crippen LogP contribution is 2.13. The van der Waals surface area contributed by atoms with Crippen LogP contribution in [0.2, 0.25) is 0 Å². The summed E-state index contributed by atoms with van der Waals surface area (Å²) in [5.74, 6) is 0.0735. The number of carbonyl (C=O) groups excluding carboxylic acids is 1. The van der Waals surface area contributed by atoms with E-state index in [1.54, 1.807) is 10.9 Å². The number of carbonyl (C=O) groups is 1. The second-order valence-electron chi connectivity index (χ2n) is 5.78. The third-order valence-corrected chi connectivity index (χ3v) is 4.16. The van der Waals surface area contributed by atoms with Crippen molar-refractivity contribution < 1.29 is 4.79 Å². The first-order chi connectivity index (χ1) is 10.8. The molecule has 116 valence electrons. The average Bonchev–Trinajstić information content (AvgIpc) is 3.04. The first-order valence-corrected chi connectivity index (χ1v) is 8.06. The van der Waals surface area contributed by atoms with Crippen molar-refractivity contribution in [2.75, 3.05) is 13.1 Å². The number of hydrogen-bond donors (Lipinski definition) is 0. The van der Waals surface area contributed by atoms with Gasteiger partial charge < -0.3 is 4.90 Å². The molecule has 0 unspecified atom stereocenters. The molecule has 22 heavy (non-hydrogen) atoms. The molecule has 1 fully saturated rings. The minimum Gasteiger partial charge on any atom is -0.337 e. The van der Waals surface area contributed by atoms with Gasteiger partial charge in [0, 0.05) is 19.6 Å². The molecule has 1 aliphatic heterocycles. The largest absolute Gasteiger partial charge is 0.337 e. The van der Waals surface area contributed by atoms with Crippen LogP contribution in [0.15, 0.2) is 36.5 Å². The number of likely N-dealkylation sites (tertiary alicyclic amines) is 1. The maximum Gasteiger partial charge on any atom is 0.273 e. The van der Waals surface area contributed by atoms with Gasteiger partial charge in [0.2, 0.25) is 0 Å². The predicted octanol–water partition coefficient (Wildman–Crippen LogP) is 2.54. The van der Waals surface area contributed by atoms with Crippen molar-refractivity contribution >= 4 is 5.91 Å². The predicted molar refractivity (Wildman–Crippen MR) is 84.5 cm³/mol. The number of nitrogens with zero attached hydrogens (tertiary/aromatic N) is 4. The van der Waals surface area contributed by atoms with Crippen molar-refractivity contribution in [1.29, 1.82) is 0 Å². The summed E-state index contributed by atoms with van der Waals surface area (Å²) in [6, 6.07) is 10.4. The number of piperidine rings is 1. The Hall–Kier alpha value is -2.17. The fourth-order valence-corrected chi connectivity index (χ4v) is 2.93. The van der Waals surface area contributed by atoms with Gasteiger partial charge in [0.05, 0.1) is 6.20 Å². The van der Waals surface area contributed by atoms with E-state index in [2.05, 4.69) is 34.6 Å². The van der Waals surface area contributed by atoms with Crippen LogP contribution in [-0.4, -0.2) is 38.9 Å². The van der Waals surface area contributed by atoms with Gasteiger partial charge in [-0.3, -0.25) is 4.79 Å². The van der Waals surface area contributed by atoms with E-state index in [0.717, 1.165) is 45.3 Å². The molecular weight excluding hydrogens is 276 g/mol. The zero-order valence-corrected chi connectivity index (χ0v) is 12.8. The van der Waals surface area contributed by atoms with Gasteiger partial charge in [-0.05, 0) is 37.7 Å². The van der Waals surface area contributed by atoms with E-state index in [-0.39, 0.29) is 5.91 Å². The van der Waals surface area contributed by atoms with Gasteiger partial charge in [-0.25, -0.2) is 4.68 Å². The number of benzene rings is 1. The zero-order chi connectivity index (χ0) is 15.2. The summed E-state index contributed by atoms with van der Waals surface area (Å²) in [6.45, 7) is 2.44. The lowest BCUT2D eigenvalue weighted by Gasteiger charge is -2.26. The van der Waals surface area contributed by atoms with E-state index in [1.807, 2.05) is 11.0 Å². The molecule has 2 heterocycles. The van der Waals surface area contributed by atoms with Crippen LogP contribution in [0.5, 0.6) is 0 Å². The summed E-state index contributed by atoms with van der Waals surface area (Å²) in [7, 11) is 0. The molecule has 1 amide bonds. The highest BCUT2D eigenvalue weighted by Gasteiger charge is 2.21. The Bertz CT molecular complexity index is 602. The molecule has 3 rings (SSSR count). The van der Waals surface area contributed by atoms with Crippen LogP contribution < -0.4 is 0 Å². The first kappa shape index (κ1) is 14.8. The fraction of sp³-hybridized carbons (Fsp3) is 0.471. The van der Waals surface area contributed by atoms with Crippen molar-refractivity contribution in [3.05, 3.63) is 47.8 Å². The van der Waals surface area contributed by atoms with Crippen LogP contribution in [0.25, 0.3) is 0 Å². The van der Waals surface area contributed by atoms with Gasteiger partial charge in [-0.15, -0.1) is 5.10 Å². The van der Waals surface area contributed by atoms with Gasteiger partial charge in [0.1, 0.15) is 5.69 Å². The fourth-order valence-electron chi connectivity index (χ4n) is 2.93. The smallest absolute Gasteiger partial charge is 0.273 e. The van der Waals surface area contributed by atoms with Crippen molar-refractivity contribution in [3.8, 4) is 0 Å². The van der Waals surface area contributed by atoms with Crippen molar-refractivity contribution in [3.63, 3.8) is 0 Å². The first-order valence-electron chi connectivity index (χ1n) is 8.06. The second kappa shape index (κ2) is 7.20. The van der Waals surface area contributed by atoms with Gasteiger partial charge >= 0.3 is 0 Å². The van der Waals surface area contributed by atoms with Crippen molar-refractivity contribution in [2.24, 2.45) is 0 Å². The molecule has 1 saturated heterocycles. The van der Waals surface area contributed by atoms with Crippen LogP contribution in [-0.2, 0) is 13.0 Å². The molecule has 0 aliphatic carbocycles. The molecule has 1 aliphatic rings. The zero-order valence-electron chi connectivity index (χ0n) is 12.8. The Balaban J connectivity index is 1.58. The summed E-state index contributed by atoms with van der Waals surface area (Å²) in [6.07, 6.45) is 6.95. The van der Waals surface area contributed by atoms with Gasteiger partial charge in [0.15, 0.2) is 0 Å². The van der Waals surface area contributed by atoms with Crippen LogP contribution >= 0.6 is 0 Å². The maximum atomic E-state index is 12.5. The van der Waals surface area contributed by atoms with E-state index >= 15 is 0 Å². The summed E-state index contributed by atoms with van der Waals surface area (Å²) in [4.78, 5) is 14.5. The van der Waals surface area contributed by atoms with E-state index in [0.29, 0.717) is 5.69 Å². The molecule has 0 saturated carbocycles. The molecule has 5 heteroatoms. The average molecular weight is 298 g/mol. The molecule has 0 atom stereocenters. The molecule has 1 aromatic carbocycles. The molecule has 0 bridgehead atoms. The summed E-state index contributed by atoms with van der Waals surface area (Å²) in [5, 5.41) is 8.01. The minimum atomic E-state index is 0.0735.